The summed E-state index contributed by atoms with van der Waals surface area (Å²) in [5.74, 6) is -0.193. The lowest BCUT2D eigenvalue weighted by atomic mass is 10.1. The van der Waals surface area contributed by atoms with Crippen molar-refractivity contribution in [2.45, 2.75) is 6.42 Å². The van der Waals surface area contributed by atoms with Crippen LogP contribution >= 0.6 is 0 Å². The number of halogens is 1. The van der Waals surface area contributed by atoms with Crippen LogP contribution in [0.5, 0.6) is 11.5 Å². The molecule has 0 atom stereocenters. The van der Waals surface area contributed by atoms with Gasteiger partial charge in [0.2, 0.25) is 0 Å². The van der Waals surface area contributed by atoms with Crippen LogP contribution in [0.4, 0.5) is 10.1 Å². The number of carbonyl (C=O) groups is 1. The average Bonchev–Trinajstić information content (AvgIpc) is 2.61. The summed E-state index contributed by atoms with van der Waals surface area (Å²) in [5.41, 5.74) is 0.596. The minimum absolute atomic E-state index is 0.117. The molecule has 25 heavy (non-hydrogen) atoms. The lowest BCUT2D eigenvalue weighted by Gasteiger charge is -2.11. The number of methoxy groups -OCH3 is 2. The number of nitrogens with one attached hydrogen (secondary N) is 1. The zero-order valence-electron chi connectivity index (χ0n) is 13.7. The van der Waals surface area contributed by atoms with Crippen molar-refractivity contribution in [1.82, 2.24) is 5.32 Å². The number of hydrogen-bond acceptors (Lipinski definition) is 5. The topological polar surface area (TPSA) is 90.7 Å². The van der Waals surface area contributed by atoms with E-state index in [2.05, 4.69) is 5.32 Å². The smallest absolute Gasteiger partial charge is 0.276 e. The minimum atomic E-state index is -0.515. The highest BCUT2D eigenvalue weighted by Gasteiger charge is 2.19. The van der Waals surface area contributed by atoms with Gasteiger partial charge in [0.05, 0.1) is 25.2 Å². The highest BCUT2D eigenvalue weighted by Crippen LogP contribution is 2.34. The normalized spacial score (nSPS) is 10.2. The highest BCUT2D eigenvalue weighted by molar-refractivity contribution is 5.94. The Morgan fingerprint density at radius 1 is 1.16 bits per heavy atom. The quantitative estimate of drug-likeness (QED) is 0.614. The zero-order valence-corrected chi connectivity index (χ0v) is 13.7. The maximum Gasteiger partial charge on any atom is 0.276 e. The highest BCUT2D eigenvalue weighted by atomic mass is 19.1. The van der Waals surface area contributed by atoms with Gasteiger partial charge in [-0.1, -0.05) is 0 Å². The summed E-state index contributed by atoms with van der Waals surface area (Å²) in [6, 6.07) is 7.91. The molecule has 2 aromatic carbocycles. The third kappa shape index (κ3) is 4.43. The molecule has 0 bridgehead atoms. The molecular weight excluding hydrogens is 331 g/mol. The Kier molecular flexibility index (Phi) is 5.89. The van der Waals surface area contributed by atoms with Crippen molar-refractivity contribution >= 4 is 11.6 Å². The number of benzene rings is 2. The van der Waals surface area contributed by atoms with Gasteiger partial charge in [-0.25, -0.2) is 4.39 Å². The number of nitrogens with zero attached hydrogens (tertiary/aromatic N) is 1. The zero-order chi connectivity index (χ0) is 18.4. The average molecular weight is 348 g/mol. The third-order valence-corrected chi connectivity index (χ3v) is 3.57. The Labute approximate surface area is 143 Å². The molecule has 0 aliphatic heterocycles. The van der Waals surface area contributed by atoms with E-state index >= 15 is 0 Å². The maximum atomic E-state index is 12.9. The number of hydrogen-bond donors (Lipinski definition) is 1. The molecule has 0 aromatic heterocycles. The van der Waals surface area contributed by atoms with Crippen LogP contribution in [0.25, 0.3) is 0 Å². The molecule has 2 aromatic rings. The van der Waals surface area contributed by atoms with Crippen LogP contribution in [0.3, 0.4) is 0 Å². The molecule has 0 fully saturated rings. The van der Waals surface area contributed by atoms with Gasteiger partial charge in [0.25, 0.3) is 11.6 Å². The molecule has 132 valence electrons. The second-order valence-electron chi connectivity index (χ2n) is 5.11. The first-order chi connectivity index (χ1) is 12.0. The SMILES string of the molecule is COc1cc(CCNC(=O)c2ccc(F)cc2)c([N+](=O)[O-])cc1OC. The molecule has 0 aliphatic carbocycles. The van der Waals surface area contributed by atoms with E-state index in [1.807, 2.05) is 0 Å². The molecule has 0 spiro atoms. The van der Waals surface area contributed by atoms with Crippen LogP contribution in [0.15, 0.2) is 36.4 Å². The van der Waals surface area contributed by atoms with Gasteiger partial charge in [-0.2, -0.15) is 0 Å². The summed E-state index contributed by atoms with van der Waals surface area (Å²) in [7, 11) is 2.83. The second-order valence-corrected chi connectivity index (χ2v) is 5.11. The second kappa shape index (κ2) is 8.09. The van der Waals surface area contributed by atoms with Crippen molar-refractivity contribution in [3.8, 4) is 11.5 Å². The van der Waals surface area contributed by atoms with E-state index in [1.165, 1.54) is 50.6 Å². The van der Waals surface area contributed by atoms with E-state index in [0.29, 0.717) is 16.9 Å². The standard InChI is InChI=1S/C17H17FN2O5/c1-24-15-9-12(14(20(22)23)10-16(15)25-2)7-8-19-17(21)11-3-5-13(18)6-4-11/h3-6,9-10H,7-8H2,1-2H3,(H,19,21). The van der Waals surface area contributed by atoms with Crippen LogP contribution in [-0.2, 0) is 6.42 Å². The van der Waals surface area contributed by atoms with Crippen molar-refractivity contribution in [3.05, 3.63) is 63.5 Å². The number of rotatable bonds is 7. The Morgan fingerprint density at radius 3 is 2.32 bits per heavy atom. The number of ether oxygens (including phenoxy) is 2. The van der Waals surface area contributed by atoms with Crippen molar-refractivity contribution in [2.75, 3.05) is 20.8 Å². The number of carbonyl (C=O) groups excluding carboxylic acids is 1. The fourth-order valence-corrected chi connectivity index (χ4v) is 2.29. The molecule has 1 amide bonds. The van der Waals surface area contributed by atoms with E-state index < -0.39 is 10.7 Å². The lowest BCUT2D eigenvalue weighted by molar-refractivity contribution is -0.385. The Hall–Kier alpha value is -3.16. The Morgan fingerprint density at radius 2 is 1.76 bits per heavy atom. The molecular formula is C17H17FN2O5. The molecule has 0 aliphatic rings. The Balaban J connectivity index is 2.10. The van der Waals surface area contributed by atoms with Crippen molar-refractivity contribution in [2.24, 2.45) is 0 Å². The molecule has 7 nitrogen and oxygen atoms in total. The first-order valence-corrected chi connectivity index (χ1v) is 7.39. The van der Waals surface area contributed by atoms with Crippen LogP contribution in [0.1, 0.15) is 15.9 Å². The number of amides is 1. The van der Waals surface area contributed by atoms with Gasteiger partial charge < -0.3 is 14.8 Å². The number of nitro benzene ring substituents is 1. The summed E-state index contributed by atoms with van der Waals surface area (Å²) in [6.45, 7) is 0.173. The van der Waals surface area contributed by atoms with Gasteiger partial charge in [0.1, 0.15) is 5.82 Å². The third-order valence-electron chi connectivity index (χ3n) is 3.57. The Bertz CT molecular complexity index is 777. The molecule has 0 heterocycles. The van der Waals surface area contributed by atoms with E-state index in [4.69, 9.17) is 9.47 Å². The molecule has 0 radical (unpaired) electrons. The van der Waals surface area contributed by atoms with E-state index in [-0.39, 0.29) is 30.3 Å². The first-order valence-electron chi connectivity index (χ1n) is 7.39. The van der Waals surface area contributed by atoms with Crippen LogP contribution in [0.2, 0.25) is 0 Å². The minimum Gasteiger partial charge on any atom is -0.493 e. The van der Waals surface area contributed by atoms with Crippen molar-refractivity contribution in [3.63, 3.8) is 0 Å². The van der Waals surface area contributed by atoms with Crippen molar-refractivity contribution in [1.29, 1.82) is 0 Å². The fraction of sp³-hybridized carbons (Fsp3) is 0.235. The van der Waals surface area contributed by atoms with Crippen LogP contribution < -0.4 is 14.8 Å². The number of nitro groups is 1. The predicted octanol–water partition coefficient (Wildman–Crippen LogP) is 2.72. The summed E-state index contributed by atoms with van der Waals surface area (Å²) < 4.78 is 23.1. The molecule has 8 heteroatoms. The van der Waals surface area contributed by atoms with Gasteiger partial charge in [-0.05, 0) is 36.8 Å². The summed E-state index contributed by atoms with van der Waals surface area (Å²) >= 11 is 0. The summed E-state index contributed by atoms with van der Waals surface area (Å²) in [5, 5.41) is 13.9. The lowest BCUT2D eigenvalue weighted by Crippen LogP contribution is -2.25. The summed E-state index contributed by atoms with van der Waals surface area (Å²) in [4.78, 5) is 22.7. The van der Waals surface area contributed by atoms with Gasteiger partial charge in [-0.3, -0.25) is 14.9 Å². The first kappa shape index (κ1) is 18.2. The van der Waals surface area contributed by atoms with Gasteiger partial charge in [0.15, 0.2) is 11.5 Å². The van der Waals surface area contributed by atoms with Gasteiger partial charge in [0, 0.05) is 17.7 Å². The van der Waals surface area contributed by atoms with E-state index in [9.17, 15) is 19.3 Å². The van der Waals surface area contributed by atoms with Gasteiger partial charge >= 0.3 is 0 Å². The molecule has 1 N–H and O–H groups in total. The molecule has 0 saturated carbocycles. The van der Waals surface area contributed by atoms with Crippen LogP contribution in [0, 0.1) is 15.9 Å². The van der Waals surface area contributed by atoms with Gasteiger partial charge in [-0.15, -0.1) is 0 Å². The maximum absolute atomic E-state index is 12.9. The molecule has 2 rings (SSSR count). The molecule has 0 unspecified atom stereocenters. The fourth-order valence-electron chi connectivity index (χ4n) is 2.29. The summed E-state index contributed by atoms with van der Waals surface area (Å²) in [6.07, 6.45) is 0.226. The van der Waals surface area contributed by atoms with Crippen LogP contribution in [-0.4, -0.2) is 31.6 Å². The van der Waals surface area contributed by atoms with Crippen molar-refractivity contribution < 1.29 is 23.6 Å². The van der Waals surface area contributed by atoms with E-state index in [0.717, 1.165) is 0 Å². The largest absolute Gasteiger partial charge is 0.493 e. The van der Waals surface area contributed by atoms with E-state index in [1.54, 1.807) is 0 Å². The molecule has 0 saturated heterocycles. The predicted molar refractivity (Wildman–Crippen MR) is 88.6 cm³/mol. The monoisotopic (exact) mass is 348 g/mol.